The summed E-state index contributed by atoms with van der Waals surface area (Å²) in [5, 5.41) is 0. The molecule has 0 fully saturated rings. The molecule has 0 aliphatic carbocycles. The minimum Gasteiger partial charge on any atom is -0.0885 e. The third-order valence-electron chi connectivity index (χ3n) is 6.79. The summed E-state index contributed by atoms with van der Waals surface area (Å²) in [7, 11) is 0. The molecule has 0 aliphatic heterocycles. The molecule has 0 radical (unpaired) electrons. The molecule has 0 bridgehead atoms. The molecule has 0 amide bonds. The fourth-order valence-electron chi connectivity index (χ4n) is 4.74. The van der Waals surface area contributed by atoms with Crippen LogP contribution in [0.15, 0.2) is 12.2 Å². The van der Waals surface area contributed by atoms with Crippen LogP contribution in [0.1, 0.15) is 175 Å². The van der Waals surface area contributed by atoms with E-state index in [-0.39, 0.29) is 0 Å². The first kappa shape index (κ1) is 29.7. The molecule has 0 saturated carbocycles. The van der Waals surface area contributed by atoms with E-state index in [4.69, 9.17) is 0 Å². The fraction of sp³-hybridized carbons (Fsp3) is 0.933. The Labute approximate surface area is 193 Å². The number of hydrogen-bond acceptors (Lipinski definition) is 0. The van der Waals surface area contributed by atoms with Gasteiger partial charge in [0.25, 0.3) is 0 Å². The minimum absolute atomic E-state index is 1.02. The normalized spacial score (nSPS) is 12.8. The number of hydrogen-bond donors (Lipinski definition) is 0. The van der Waals surface area contributed by atoms with Gasteiger partial charge in [-0.1, -0.05) is 161 Å². The van der Waals surface area contributed by atoms with Gasteiger partial charge in [-0.15, -0.1) is 0 Å². The standard InChI is InChI=1S/C30H60/c1-4-7-9-11-13-15-17-19-21-23-25-28-30(27-6-3)29-26-24-22-20-18-16-14-12-10-8-5-2/h15,17,30H,4-14,16,18-29H2,1-3H3/b17-15+. The van der Waals surface area contributed by atoms with Gasteiger partial charge in [-0.05, 0) is 31.6 Å². The molecule has 0 rings (SSSR count). The van der Waals surface area contributed by atoms with Crippen LogP contribution in [0.3, 0.4) is 0 Å². The summed E-state index contributed by atoms with van der Waals surface area (Å²) in [6.07, 6.45) is 39.3. The van der Waals surface area contributed by atoms with E-state index in [1.165, 1.54) is 154 Å². The van der Waals surface area contributed by atoms with Gasteiger partial charge in [0, 0.05) is 0 Å². The van der Waals surface area contributed by atoms with E-state index in [1.54, 1.807) is 0 Å². The number of unbranched alkanes of at least 4 members (excludes halogenated alkanes) is 17. The molecule has 30 heavy (non-hydrogen) atoms. The average molecular weight is 421 g/mol. The summed E-state index contributed by atoms with van der Waals surface area (Å²) >= 11 is 0. The van der Waals surface area contributed by atoms with Crippen LogP contribution in [-0.2, 0) is 0 Å². The van der Waals surface area contributed by atoms with E-state index in [9.17, 15) is 0 Å². The maximum Gasteiger partial charge on any atom is -0.0351 e. The first-order valence-corrected chi connectivity index (χ1v) is 14.5. The predicted octanol–water partition coefficient (Wildman–Crippen LogP) is 11.6. The number of rotatable bonds is 25. The maximum atomic E-state index is 2.45. The lowest BCUT2D eigenvalue weighted by Gasteiger charge is -2.16. The highest BCUT2D eigenvalue weighted by Gasteiger charge is 2.07. The summed E-state index contributed by atoms with van der Waals surface area (Å²) in [6.45, 7) is 6.97. The first-order chi connectivity index (χ1) is 14.8. The van der Waals surface area contributed by atoms with Crippen LogP contribution in [0.4, 0.5) is 0 Å². The molecule has 0 heteroatoms. The van der Waals surface area contributed by atoms with Crippen LogP contribution in [0, 0.1) is 5.92 Å². The van der Waals surface area contributed by atoms with Crippen molar-refractivity contribution in [2.75, 3.05) is 0 Å². The zero-order valence-electron chi connectivity index (χ0n) is 21.7. The van der Waals surface area contributed by atoms with E-state index in [2.05, 4.69) is 32.9 Å². The van der Waals surface area contributed by atoms with Crippen molar-refractivity contribution in [3.8, 4) is 0 Å². The molecule has 0 N–H and O–H groups in total. The van der Waals surface area contributed by atoms with Crippen molar-refractivity contribution in [3.05, 3.63) is 12.2 Å². The Kier molecular flexibility index (Phi) is 26.5. The van der Waals surface area contributed by atoms with Crippen molar-refractivity contribution in [1.82, 2.24) is 0 Å². The van der Waals surface area contributed by atoms with Gasteiger partial charge in [0.1, 0.15) is 0 Å². The van der Waals surface area contributed by atoms with E-state index in [0.29, 0.717) is 0 Å². The van der Waals surface area contributed by atoms with Gasteiger partial charge in [0.15, 0.2) is 0 Å². The largest absolute Gasteiger partial charge is 0.0885 e. The van der Waals surface area contributed by atoms with E-state index in [1.807, 2.05) is 0 Å². The second-order valence-electron chi connectivity index (χ2n) is 9.94. The molecule has 0 saturated heterocycles. The highest BCUT2D eigenvalue weighted by molar-refractivity contribution is 4.81. The molecule has 0 aromatic rings. The van der Waals surface area contributed by atoms with Gasteiger partial charge < -0.3 is 0 Å². The van der Waals surface area contributed by atoms with Crippen molar-refractivity contribution < 1.29 is 0 Å². The summed E-state index contributed by atoms with van der Waals surface area (Å²) < 4.78 is 0. The van der Waals surface area contributed by atoms with Crippen molar-refractivity contribution in [3.63, 3.8) is 0 Å². The molecule has 0 heterocycles. The van der Waals surface area contributed by atoms with Crippen LogP contribution < -0.4 is 0 Å². The molecule has 0 aliphatic rings. The second-order valence-corrected chi connectivity index (χ2v) is 9.94. The van der Waals surface area contributed by atoms with E-state index < -0.39 is 0 Å². The first-order valence-electron chi connectivity index (χ1n) is 14.5. The van der Waals surface area contributed by atoms with Crippen LogP contribution in [-0.4, -0.2) is 0 Å². The molecule has 0 aromatic carbocycles. The van der Waals surface area contributed by atoms with Gasteiger partial charge in [-0.2, -0.15) is 0 Å². The molecular weight excluding hydrogens is 360 g/mol. The highest BCUT2D eigenvalue weighted by Crippen LogP contribution is 2.23. The molecule has 0 nitrogen and oxygen atoms in total. The molecule has 1 atom stereocenters. The molecule has 180 valence electrons. The predicted molar refractivity (Wildman–Crippen MR) is 140 cm³/mol. The summed E-state index contributed by atoms with van der Waals surface area (Å²) in [4.78, 5) is 0. The Hall–Kier alpha value is -0.260. The van der Waals surface area contributed by atoms with E-state index in [0.717, 1.165) is 5.92 Å². The Balaban J connectivity index is 3.46. The average Bonchev–Trinajstić information content (AvgIpc) is 2.75. The number of allylic oxidation sites excluding steroid dienone is 2. The van der Waals surface area contributed by atoms with Gasteiger partial charge in [-0.25, -0.2) is 0 Å². The molecule has 1 unspecified atom stereocenters. The monoisotopic (exact) mass is 420 g/mol. The third kappa shape index (κ3) is 24.0. The van der Waals surface area contributed by atoms with Crippen LogP contribution in [0.25, 0.3) is 0 Å². The topological polar surface area (TPSA) is 0 Å². The fourth-order valence-corrected chi connectivity index (χ4v) is 4.74. The quantitative estimate of drug-likeness (QED) is 0.102. The smallest absolute Gasteiger partial charge is 0.0351 e. The summed E-state index contributed by atoms with van der Waals surface area (Å²) in [5.41, 5.74) is 0. The molecule has 0 spiro atoms. The summed E-state index contributed by atoms with van der Waals surface area (Å²) in [5.74, 6) is 1.02. The third-order valence-corrected chi connectivity index (χ3v) is 6.79. The Morgan fingerprint density at radius 1 is 0.367 bits per heavy atom. The van der Waals surface area contributed by atoms with Crippen LogP contribution in [0.2, 0.25) is 0 Å². The Bertz CT molecular complexity index is 316. The Morgan fingerprint density at radius 3 is 1.17 bits per heavy atom. The SMILES string of the molecule is CCCCCC/C=C/CCCCCC(CCC)CCCCCCCCCCCCC. The van der Waals surface area contributed by atoms with Crippen LogP contribution >= 0.6 is 0 Å². The van der Waals surface area contributed by atoms with Gasteiger partial charge in [0.2, 0.25) is 0 Å². The minimum atomic E-state index is 1.02. The molecular formula is C30H60. The lowest BCUT2D eigenvalue weighted by Crippen LogP contribution is -2.00. The van der Waals surface area contributed by atoms with Gasteiger partial charge in [0.05, 0.1) is 0 Å². The van der Waals surface area contributed by atoms with E-state index >= 15 is 0 Å². The molecule has 0 aromatic heterocycles. The van der Waals surface area contributed by atoms with Gasteiger partial charge in [-0.3, -0.25) is 0 Å². The zero-order chi connectivity index (χ0) is 22.0. The van der Waals surface area contributed by atoms with Crippen molar-refractivity contribution in [2.45, 2.75) is 175 Å². The highest BCUT2D eigenvalue weighted by atomic mass is 14.1. The second kappa shape index (κ2) is 26.8. The van der Waals surface area contributed by atoms with Crippen molar-refractivity contribution >= 4 is 0 Å². The lowest BCUT2D eigenvalue weighted by molar-refractivity contribution is 0.378. The van der Waals surface area contributed by atoms with Gasteiger partial charge >= 0.3 is 0 Å². The lowest BCUT2D eigenvalue weighted by atomic mass is 9.90. The zero-order valence-corrected chi connectivity index (χ0v) is 21.7. The summed E-state index contributed by atoms with van der Waals surface area (Å²) in [6, 6.07) is 0. The van der Waals surface area contributed by atoms with Crippen LogP contribution in [0.5, 0.6) is 0 Å². The van der Waals surface area contributed by atoms with Crippen molar-refractivity contribution in [2.24, 2.45) is 5.92 Å². The maximum absolute atomic E-state index is 2.45. The Morgan fingerprint density at radius 2 is 0.733 bits per heavy atom. The van der Waals surface area contributed by atoms with Crippen molar-refractivity contribution in [1.29, 1.82) is 0 Å².